The number of hydrogen-bond donors (Lipinski definition) is 1. The Kier molecular flexibility index (Phi) is 7.08. The molecule has 4 rings (SSSR count). The summed E-state index contributed by atoms with van der Waals surface area (Å²) in [6.07, 6.45) is 7.83. The Bertz CT molecular complexity index is 774. The highest BCUT2D eigenvalue weighted by molar-refractivity contribution is 5.56. The summed E-state index contributed by atoms with van der Waals surface area (Å²) in [5, 5.41) is 3.77. The van der Waals surface area contributed by atoms with E-state index in [0.717, 1.165) is 12.6 Å². The maximum atomic E-state index is 3.77. The fourth-order valence-corrected chi connectivity index (χ4v) is 5.36. The number of fused-ring (bicyclic) bond motifs is 1. The Balaban J connectivity index is 0.00000225. The number of halogens is 1. The van der Waals surface area contributed by atoms with Crippen LogP contribution in [0.25, 0.3) is 0 Å². The summed E-state index contributed by atoms with van der Waals surface area (Å²) < 4.78 is 1.20. The van der Waals surface area contributed by atoms with Gasteiger partial charge in [-0.05, 0) is 73.3 Å². The summed E-state index contributed by atoms with van der Waals surface area (Å²) in [5.74, 6) is 0.637. The molecule has 0 aromatic heterocycles. The molecule has 1 N–H and O–H groups in total. The van der Waals surface area contributed by atoms with E-state index < -0.39 is 0 Å². The minimum Gasteiger partial charge on any atom is -1.00 e. The summed E-state index contributed by atoms with van der Waals surface area (Å²) in [5.41, 5.74) is 7.40. The van der Waals surface area contributed by atoms with Gasteiger partial charge in [0.2, 0.25) is 0 Å². The number of anilines is 1. The van der Waals surface area contributed by atoms with Crippen molar-refractivity contribution in [1.82, 2.24) is 0 Å². The lowest BCUT2D eigenvalue weighted by molar-refractivity contribution is -0.920. The monoisotopic (exact) mass is 490 g/mol. The van der Waals surface area contributed by atoms with E-state index in [1.807, 2.05) is 0 Å². The predicted molar refractivity (Wildman–Crippen MR) is 115 cm³/mol. The molecule has 0 amide bonds. The smallest absolute Gasteiger partial charge is 0.0903 e. The number of likely N-dealkylation sites (tertiary alicyclic amines) is 1. The highest BCUT2D eigenvalue weighted by atomic mass is 127. The van der Waals surface area contributed by atoms with Gasteiger partial charge in [0.05, 0.1) is 26.7 Å². The van der Waals surface area contributed by atoms with E-state index >= 15 is 0 Å². The summed E-state index contributed by atoms with van der Waals surface area (Å²) in [7, 11) is 4.82. The van der Waals surface area contributed by atoms with Crippen molar-refractivity contribution < 1.29 is 28.5 Å². The summed E-state index contributed by atoms with van der Waals surface area (Å²) in [6.45, 7) is 4.73. The lowest BCUT2D eigenvalue weighted by atomic mass is 9.91. The minimum atomic E-state index is 0. The van der Waals surface area contributed by atoms with Crippen LogP contribution in [0.3, 0.4) is 0 Å². The fraction of sp³-hybridized carbons (Fsp3) is 0.520. The van der Waals surface area contributed by atoms with Gasteiger partial charge in [-0.2, -0.15) is 0 Å². The van der Waals surface area contributed by atoms with Crippen LogP contribution < -0.4 is 29.3 Å². The standard InChI is InChI=1S/C25H35N2.HI/c1-19-24(22-17-20-9-4-5-10-21(20)18-22)12-8-13-25(19)26-15-14-23-11-6-7-16-27(23,2)3;/h4-5,8-10,12-13,22-23,26H,6-7,11,14-18H2,1-3H3;1H/q+1;/p-1/t23-;/m1./s1. The molecule has 0 spiro atoms. The van der Waals surface area contributed by atoms with Crippen LogP contribution >= 0.6 is 0 Å². The SMILES string of the molecule is Cc1c(NCC[C@H]2CCCC[N+]2(C)C)cccc1C1Cc2ccccc2C1.[I-]. The van der Waals surface area contributed by atoms with Crippen LogP contribution in [0, 0.1) is 6.92 Å². The van der Waals surface area contributed by atoms with Crippen molar-refractivity contribution in [3.8, 4) is 0 Å². The molecule has 28 heavy (non-hydrogen) atoms. The van der Waals surface area contributed by atoms with Crippen LogP contribution in [0.2, 0.25) is 0 Å². The zero-order valence-corrected chi connectivity index (χ0v) is 19.8. The van der Waals surface area contributed by atoms with Gasteiger partial charge < -0.3 is 33.8 Å². The first-order chi connectivity index (χ1) is 13.0. The van der Waals surface area contributed by atoms with Crippen LogP contribution in [0.4, 0.5) is 5.69 Å². The minimum absolute atomic E-state index is 0. The van der Waals surface area contributed by atoms with Crippen molar-refractivity contribution in [1.29, 1.82) is 0 Å². The molecule has 0 bridgehead atoms. The number of nitrogens with zero attached hydrogens (tertiary/aromatic N) is 1. The maximum Gasteiger partial charge on any atom is 0.0903 e. The molecule has 2 aromatic rings. The average molecular weight is 490 g/mol. The largest absolute Gasteiger partial charge is 1.00 e. The van der Waals surface area contributed by atoms with E-state index in [1.165, 1.54) is 77.5 Å². The number of quaternary nitrogens is 1. The van der Waals surface area contributed by atoms with Crippen LogP contribution in [0.5, 0.6) is 0 Å². The van der Waals surface area contributed by atoms with Gasteiger partial charge >= 0.3 is 0 Å². The normalized spacial score (nSPS) is 21.0. The van der Waals surface area contributed by atoms with Crippen LogP contribution in [-0.4, -0.2) is 37.7 Å². The van der Waals surface area contributed by atoms with Crippen molar-refractivity contribution in [3.63, 3.8) is 0 Å². The van der Waals surface area contributed by atoms with E-state index in [9.17, 15) is 0 Å². The first-order valence-electron chi connectivity index (χ1n) is 10.8. The first kappa shape index (κ1) is 21.6. The molecule has 1 aliphatic carbocycles. The molecule has 3 heteroatoms. The third-order valence-corrected chi connectivity index (χ3v) is 7.17. The zero-order valence-electron chi connectivity index (χ0n) is 17.7. The topological polar surface area (TPSA) is 12.0 Å². The quantitative estimate of drug-likeness (QED) is 0.501. The van der Waals surface area contributed by atoms with Crippen molar-refractivity contribution in [2.75, 3.05) is 32.5 Å². The second-order valence-electron chi connectivity index (χ2n) is 9.26. The third kappa shape index (κ3) is 4.56. The molecule has 1 saturated heterocycles. The summed E-state index contributed by atoms with van der Waals surface area (Å²) in [6, 6.07) is 16.6. The average Bonchev–Trinajstić information content (AvgIpc) is 3.08. The molecule has 0 saturated carbocycles. The Hall–Kier alpha value is -1.07. The molecule has 0 radical (unpaired) electrons. The number of benzene rings is 2. The van der Waals surface area contributed by atoms with Gasteiger partial charge in [-0.25, -0.2) is 0 Å². The lowest BCUT2D eigenvalue weighted by Crippen LogP contribution is -3.00. The van der Waals surface area contributed by atoms with Gasteiger partial charge in [0.15, 0.2) is 0 Å². The molecule has 2 aliphatic rings. The van der Waals surface area contributed by atoms with Gasteiger partial charge in [-0.15, -0.1) is 0 Å². The Morgan fingerprint density at radius 3 is 2.36 bits per heavy atom. The maximum absolute atomic E-state index is 3.77. The van der Waals surface area contributed by atoms with E-state index in [1.54, 1.807) is 0 Å². The lowest BCUT2D eigenvalue weighted by Gasteiger charge is -2.41. The van der Waals surface area contributed by atoms with E-state index in [4.69, 9.17) is 0 Å². The second-order valence-corrected chi connectivity index (χ2v) is 9.26. The molecule has 152 valence electrons. The molecular weight excluding hydrogens is 455 g/mol. The van der Waals surface area contributed by atoms with Gasteiger partial charge in [0.25, 0.3) is 0 Å². The van der Waals surface area contributed by atoms with Gasteiger partial charge in [0.1, 0.15) is 0 Å². The zero-order chi connectivity index (χ0) is 18.9. The summed E-state index contributed by atoms with van der Waals surface area (Å²) >= 11 is 0. The molecule has 0 unspecified atom stereocenters. The van der Waals surface area contributed by atoms with Crippen LogP contribution in [0.1, 0.15) is 53.9 Å². The van der Waals surface area contributed by atoms with Crippen LogP contribution in [-0.2, 0) is 12.8 Å². The van der Waals surface area contributed by atoms with E-state index in [0.29, 0.717) is 5.92 Å². The summed E-state index contributed by atoms with van der Waals surface area (Å²) in [4.78, 5) is 0. The number of piperidine rings is 1. The van der Waals surface area contributed by atoms with Gasteiger partial charge in [-0.1, -0.05) is 36.4 Å². The molecule has 1 fully saturated rings. The number of hydrogen-bond acceptors (Lipinski definition) is 1. The number of nitrogens with one attached hydrogen (secondary N) is 1. The highest BCUT2D eigenvalue weighted by Crippen LogP contribution is 2.37. The van der Waals surface area contributed by atoms with E-state index in [2.05, 4.69) is 68.8 Å². The van der Waals surface area contributed by atoms with Gasteiger partial charge in [0, 0.05) is 18.7 Å². The van der Waals surface area contributed by atoms with Crippen molar-refractivity contribution in [3.05, 3.63) is 64.7 Å². The van der Waals surface area contributed by atoms with Crippen molar-refractivity contribution >= 4 is 5.69 Å². The number of rotatable bonds is 5. The Morgan fingerprint density at radius 1 is 0.964 bits per heavy atom. The molecule has 1 aliphatic heterocycles. The Morgan fingerprint density at radius 2 is 1.68 bits per heavy atom. The molecule has 2 nitrogen and oxygen atoms in total. The molecule has 2 aromatic carbocycles. The molecular formula is C25H35IN2. The van der Waals surface area contributed by atoms with Gasteiger partial charge in [-0.3, -0.25) is 0 Å². The molecule has 1 heterocycles. The Labute approximate surface area is 188 Å². The van der Waals surface area contributed by atoms with Crippen LogP contribution in [0.15, 0.2) is 42.5 Å². The fourth-order valence-electron chi connectivity index (χ4n) is 5.36. The van der Waals surface area contributed by atoms with E-state index in [-0.39, 0.29) is 24.0 Å². The predicted octanol–water partition coefficient (Wildman–Crippen LogP) is 2.31. The van der Waals surface area contributed by atoms with Crippen molar-refractivity contribution in [2.24, 2.45) is 0 Å². The highest BCUT2D eigenvalue weighted by Gasteiger charge is 2.30. The second kappa shape index (κ2) is 9.17. The molecule has 1 atom stereocenters. The third-order valence-electron chi connectivity index (χ3n) is 7.17. The van der Waals surface area contributed by atoms with Crippen molar-refractivity contribution in [2.45, 2.75) is 57.4 Å². The first-order valence-corrected chi connectivity index (χ1v) is 10.8.